The van der Waals surface area contributed by atoms with Gasteiger partial charge < -0.3 is 8.92 Å². The van der Waals surface area contributed by atoms with Gasteiger partial charge in [0.05, 0.1) is 12.7 Å². The van der Waals surface area contributed by atoms with Crippen LogP contribution in [0, 0.1) is 0 Å². The maximum atomic E-state index is 12.3. The van der Waals surface area contributed by atoms with Gasteiger partial charge in [-0.15, -0.1) is 0 Å². The Bertz CT molecular complexity index is 827. The molecule has 9 heteroatoms. The van der Waals surface area contributed by atoms with Crippen molar-refractivity contribution in [2.75, 3.05) is 7.11 Å². The molecular weight excluding hydrogens is 325 g/mol. The average Bonchev–Trinajstić information content (AvgIpc) is 2.44. The van der Waals surface area contributed by atoms with Crippen molar-refractivity contribution in [3.05, 3.63) is 42.0 Å². The van der Waals surface area contributed by atoms with E-state index in [1.54, 1.807) is 6.07 Å². The van der Waals surface area contributed by atoms with Crippen LogP contribution >= 0.6 is 0 Å². The van der Waals surface area contributed by atoms with E-state index in [-0.39, 0.29) is 5.56 Å². The summed E-state index contributed by atoms with van der Waals surface area (Å²) in [5.41, 5.74) is -5.35. The second-order valence-corrected chi connectivity index (χ2v) is 5.74. The van der Waals surface area contributed by atoms with Crippen molar-refractivity contribution in [3.63, 3.8) is 0 Å². The van der Waals surface area contributed by atoms with Gasteiger partial charge in [0.25, 0.3) is 0 Å². The van der Waals surface area contributed by atoms with Gasteiger partial charge in [-0.3, -0.25) is 0 Å². The predicted octanol–water partition coefficient (Wildman–Crippen LogP) is 2.85. The topological polar surface area (TPSA) is 69.7 Å². The Labute approximate surface area is 123 Å². The van der Waals surface area contributed by atoms with Crippen LogP contribution in [0.4, 0.5) is 13.2 Å². The van der Waals surface area contributed by atoms with Gasteiger partial charge in [0, 0.05) is 0 Å². The number of halogens is 3. The molecule has 0 fully saturated rings. The highest BCUT2D eigenvalue weighted by molar-refractivity contribution is 7.88. The Hall–Kier alpha value is -2.29. The fourth-order valence-corrected chi connectivity index (χ4v) is 2.15. The fourth-order valence-electron chi connectivity index (χ4n) is 1.70. The number of fused-ring (bicyclic) bond motifs is 1. The minimum atomic E-state index is -5.74. The molecule has 22 heavy (non-hydrogen) atoms. The van der Waals surface area contributed by atoms with Crippen LogP contribution in [0.2, 0.25) is 0 Å². The van der Waals surface area contributed by atoms with Crippen LogP contribution in [-0.2, 0) is 14.9 Å². The number of hydrogen-bond acceptors (Lipinski definition) is 5. The highest BCUT2D eigenvalue weighted by atomic mass is 32.2. The summed E-state index contributed by atoms with van der Waals surface area (Å²) < 4.78 is 67.3. The summed E-state index contributed by atoms with van der Waals surface area (Å²) in [5, 5.41) is 0.919. The van der Waals surface area contributed by atoms with E-state index >= 15 is 0 Å². The Kier molecular flexibility index (Phi) is 4.01. The summed E-state index contributed by atoms with van der Waals surface area (Å²) in [4.78, 5) is 11.4. The van der Waals surface area contributed by atoms with Gasteiger partial charge in [0.1, 0.15) is 5.75 Å². The van der Waals surface area contributed by atoms with Crippen LogP contribution < -0.4 is 4.18 Å². The lowest BCUT2D eigenvalue weighted by Crippen LogP contribution is -2.28. The third-order valence-corrected chi connectivity index (χ3v) is 3.70. The van der Waals surface area contributed by atoms with Crippen molar-refractivity contribution >= 4 is 26.9 Å². The van der Waals surface area contributed by atoms with Crippen molar-refractivity contribution in [2.45, 2.75) is 5.51 Å². The molecule has 0 amide bonds. The maximum Gasteiger partial charge on any atom is 0.534 e. The number of carbonyl (C=O) groups excluding carboxylic acids is 1. The highest BCUT2D eigenvalue weighted by Gasteiger charge is 2.48. The molecule has 2 aromatic rings. The molecule has 0 aliphatic heterocycles. The second kappa shape index (κ2) is 5.48. The van der Waals surface area contributed by atoms with Crippen LogP contribution in [0.3, 0.4) is 0 Å². The standard InChI is InChI=1S/C13H9F3O5S/c1-20-12(17)9-3-2-8-4-5-11(7-10(8)6-9)21-22(18,19)13(14,15)16/h2-7H,1H3. The Balaban J connectivity index is 2.43. The molecule has 0 spiro atoms. The minimum Gasteiger partial charge on any atom is -0.465 e. The predicted molar refractivity (Wildman–Crippen MR) is 70.9 cm³/mol. The van der Waals surface area contributed by atoms with E-state index in [0.29, 0.717) is 10.8 Å². The summed E-state index contributed by atoms with van der Waals surface area (Å²) >= 11 is 0. The zero-order chi connectivity index (χ0) is 16.5. The number of methoxy groups -OCH3 is 1. The zero-order valence-electron chi connectivity index (χ0n) is 11.0. The Morgan fingerprint density at radius 1 is 1.05 bits per heavy atom. The molecule has 0 unspecified atom stereocenters. The first kappa shape index (κ1) is 16.1. The third kappa shape index (κ3) is 3.14. The first-order chi connectivity index (χ1) is 10.1. The van der Waals surface area contributed by atoms with E-state index in [1.807, 2.05) is 0 Å². The first-order valence-corrected chi connectivity index (χ1v) is 7.18. The summed E-state index contributed by atoms with van der Waals surface area (Å²) in [6.07, 6.45) is 0. The van der Waals surface area contributed by atoms with Crippen molar-refractivity contribution in [1.82, 2.24) is 0 Å². The fraction of sp³-hybridized carbons (Fsp3) is 0.154. The van der Waals surface area contributed by atoms with Crippen molar-refractivity contribution in [1.29, 1.82) is 0 Å². The van der Waals surface area contributed by atoms with Crippen LogP contribution in [-0.4, -0.2) is 27.0 Å². The van der Waals surface area contributed by atoms with Gasteiger partial charge in [-0.2, -0.15) is 21.6 Å². The zero-order valence-corrected chi connectivity index (χ0v) is 11.9. The average molecular weight is 334 g/mol. The van der Waals surface area contributed by atoms with Gasteiger partial charge in [-0.05, 0) is 35.0 Å². The van der Waals surface area contributed by atoms with Crippen molar-refractivity contribution in [2.24, 2.45) is 0 Å². The molecule has 5 nitrogen and oxygen atoms in total. The molecule has 0 radical (unpaired) electrons. The van der Waals surface area contributed by atoms with E-state index in [4.69, 9.17) is 0 Å². The smallest absolute Gasteiger partial charge is 0.465 e. The number of hydrogen-bond donors (Lipinski definition) is 0. The van der Waals surface area contributed by atoms with Gasteiger partial charge in [-0.25, -0.2) is 4.79 Å². The third-order valence-electron chi connectivity index (χ3n) is 2.72. The molecule has 0 aromatic heterocycles. The van der Waals surface area contributed by atoms with E-state index in [2.05, 4.69) is 8.92 Å². The first-order valence-electron chi connectivity index (χ1n) is 5.77. The number of alkyl halides is 3. The van der Waals surface area contributed by atoms with Crippen LogP contribution in [0.5, 0.6) is 5.75 Å². The largest absolute Gasteiger partial charge is 0.534 e. The van der Waals surface area contributed by atoms with Gasteiger partial charge in [0.2, 0.25) is 0 Å². The molecule has 2 aromatic carbocycles. The molecule has 0 bridgehead atoms. The molecule has 0 saturated heterocycles. The molecular formula is C13H9F3O5S. The van der Waals surface area contributed by atoms with E-state index in [0.717, 1.165) is 12.1 Å². The molecule has 0 saturated carbocycles. The lowest BCUT2D eigenvalue weighted by molar-refractivity contribution is -0.0500. The molecule has 118 valence electrons. The van der Waals surface area contributed by atoms with E-state index < -0.39 is 27.3 Å². The molecule has 0 aliphatic rings. The highest BCUT2D eigenvalue weighted by Crippen LogP contribution is 2.29. The quantitative estimate of drug-likeness (QED) is 0.490. The number of ether oxygens (including phenoxy) is 1. The second-order valence-electron chi connectivity index (χ2n) is 4.20. The van der Waals surface area contributed by atoms with Gasteiger partial charge in [0.15, 0.2) is 0 Å². The van der Waals surface area contributed by atoms with Crippen molar-refractivity contribution in [3.8, 4) is 5.75 Å². The van der Waals surface area contributed by atoms with E-state index in [1.165, 1.54) is 25.3 Å². The summed E-state index contributed by atoms with van der Waals surface area (Å²) in [7, 11) is -4.56. The molecule has 0 atom stereocenters. The number of carbonyl (C=O) groups is 1. The molecule has 0 N–H and O–H groups in total. The number of benzene rings is 2. The lowest BCUT2D eigenvalue weighted by Gasteiger charge is -2.10. The van der Waals surface area contributed by atoms with Crippen LogP contribution in [0.1, 0.15) is 10.4 Å². The Morgan fingerprint density at radius 2 is 1.68 bits per heavy atom. The summed E-state index contributed by atoms with van der Waals surface area (Å²) in [6.45, 7) is 0. The van der Waals surface area contributed by atoms with Crippen molar-refractivity contribution < 1.29 is 35.3 Å². The normalized spacial score (nSPS) is 12.2. The van der Waals surface area contributed by atoms with E-state index in [9.17, 15) is 26.4 Å². The number of esters is 1. The lowest BCUT2D eigenvalue weighted by atomic mass is 10.1. The SMILES string of the molecule is COC(=O)c1ccc2ccc(OS(=O)(=O)C(F)(F)F)cc2c1. The molecule has 0 heterocycles. The molecule has 0 aliphatic carbocycles. The summed E-state index contributed by atoms with van der Waals surface area (Å²) in [5.74, 6) is -1.14. The minimum absolute atomic E-state index is 0.172. The molecule has 2 rings (SSSR count). The number of rotatable bonds is 3. The van der Waals surface area contributed by atoms with Crippen LogP contribution in [0.15, 0.2) is 36.4 Å². The Morgan fingerprint density at radius 3 is 2.27 bits per heavy atom. The monoisotopic (exact) mass is 334 g/mol. The van der Waals surface area contributed by atoms with Gasteiger partial charge in [-0.1, -0.05) is 12.1 Å². The van der Waals surface area contributed by atoms with Crippen LogP contribution in [0.25, 0.3) is 10.8 Å². The van der Waals surface area contributed by atoms with Gasteiger partial charge >= 0.3 is 21.6 Å². The maximum absolute atomic E-state index is 12.3. The summed E-state index contributed by atoms with van der Waals surface area (Å²) in [6, 6.07) is 7.92.